The molecule has 0 aliphatic carbocycles. The van der Waals surface area contributed by atoms with Gasteiger partial charge in [0.25, 0.3) is 0 Å². The van der Waals surface area contributed by atoms with E-state index in [1.165, 1.54) is 0 Å². The van der Waals surface area contributed by atoms with Crippen LogP contribution in [0, 0.1) is 0 Å². The molecule has 0 bridgehead atoms. The van der Waals surface area contributed by atoms with Crippen LogP contribution in [0.4, 0.5) is 0 Å². The summed E-state index contributed by atoms with van der Waals surface area (Å²) >= 11 is 0. The van der Waals surface area contributed by atoms with E-state index >= 15 is 0 Å². The summed E-state index contributed by atoms with van der Waals surface area (Å²) < 4.78 is 4.36. The first-order chi connectivity index (χ1) is 7.65. The van der Waals surface area contributed by atoms with Gasteiger partial charge >= 0.3 is 11.7 Å². The molecule has 0 fully saturated rings. The lowest BCUT2D eigenvalue weighted by atomic mass is 10.1. The number of H-pyrrole nitrogens is 1. The van der Waals surface area contributed by atoms with Crippen LogP contribution in [0.25, 0.3) is 11.4 Å². The Morgan fingerprint density at radius 1 is 1.38 bits per heavy atom. The molecule has 0 aliphatic heterocycles. The maximum absolute atomic E-state index is 10.7. The van der Waals surface area contributed by atoms with E-state index in [2.05, 4.69) is 14.7 Å². The molecule has 2 N–H and O–H groups in total. The number of hydrogen-bond acceptors (Lipinski definition) is 4. The van der Waals surface area contributed by atoms with Gasteiger partial charge in [0.15, 0.2) is 5.82 Å². The van der Waals surface area contributed by atoms with Crippen molar-refractivity contribution in [2.24, 2.45) is 0 Å². The molecular weight excluding hydrogens is 212 g/mol. The Morgan fingerprint density at radius 3 is 2.56 bits per heavy atom. The zero-order valence-electron chi connectivity index (χ0n) is 8.14. The van der Waals surface area contributed by atoms with Crippen LogP contribution < -0.4 is 5.76 Å². The van der Waals surface area contributed by atoms with Crippen molar-refractivity contribution in [3.05, 3.63) is 40.4 Å². The Kier molecular flexibility index (Phi) is 2.55. The molecule has 1 aromatic heterocycles. The lowest BCUT2D eigenvalue weighted by molar-refractivity contribution is -0.136. The van der Waals surface area contributed by atoms with Crippen LogP contribution >= 0.6 is 0 Å². The van der Waals surface area contributed by atoms with Crippen LogP contribution in [-0.4, -0.2) is 21.2 Å². The van der Waals surface area contributed by atoms with Crippen LogP contribution in [-0.2, 0) is 11.2 Å². The molecule has 0 saturated carbocycles. The van der Waals surface area contributed by atoms with Gasteiger partial charge in [0.05, 0.1) is 6.42 Å². The van der Waals surface area contributed by atoms with Gasteiger partial charge in [-0.15, -0.1) is 0 Å². The fraction of sp³-hybridized carbons (Fsp3) is 0.100. The minimum absolute atomic E-state index is 0.0321. The largest absolute Gasteiger partial charge is 0.481 e. The smallest absolute Gasteiger partial charge is 0.439 e. The third-order valence-electron chi connectivity index (χ3n) is 2.02. The number of aromatic amines is 1. The number of carbonyl (C=O) groups is 1. The number of aliphatic carboxylic acids is 1. The standard InChI is InChI=1S/C10H8N2O4/c13-8(14)5-6-1-3-7(4-2-6)9-11-10(15)16-12-9/h1-4H,5H2,(H,13,14)(H,11,12,15). The number of carboxylic acid groups (broad SMARTS) is 1. The quantitative estimate of drug-likeness (QED) is 0.791. The fourth-order valence-corrected chi connectivity index (χ4v) is 1.31. The Hall–Kier alpha value is -2.37. The highest BCUT2D eigenvalue weighted by atomic mass is 16.5. The van der Waals surface area contributed by atoms with Gasteiger partial charge < -0.3 is 5.11 Å². The van der Waals surface area contributed by atoms with Gasteiger partial charge in [-0.3, -0.25) is 14.3 Å². The highest BCUT2D eigenvalue weighted by Gasteiger charge is 2.05. The van der Waals surface area contributed by atoms with Crippen molar-refractivity contribution < 1.29 is 14.4 Å². The first-order valence-electron chi connectivity index (χ1n) is 4.52. The van der Waals surface area contributed by atoms with Crippen LogP contribution in [0.3, 0.4) is 0 Å². The predicted molar refractivity (Wildman–Crippen MR) is 53.9 cm³/mol. The SMILES string of the molecule is O=C(O)Cc1ccc(-c2noc(=O)[nH]2)cc1. The molecule has 0 unspecified atom stereocenters. The van der Waals surface area contributed by atoms with Crippen LogP contribution in [0.1, 0.15) is 5.56 Å². The summed E-state index contributed by atoms with van der Waals surface area (Å²) in [5, 5.41) is 12.1. The summed E-state index contributed by atoms with van der Waals surface area (Å²) in [6, 6.07) is 6.67. The first kappa shape index (κ1) is 10.2. The molecule has 0 atom stereocenters. The highest BCUT2D eigenvalue weighted by Crippen LogP contribution is 2.14. The van der Waals surface area contributed by atoms with Crippen molar-refractivity contribution in [2.45, 2.75) is 6.42 Å². The van der Waals surface area contributed by atoms with Crippen molar-refractivity contribution in [3.8, 4) is 11.4 Å². The van der Waals surface area contributed by atoms with Crippen molar-refractivity contribution in [2.75, 3.05) is 0 Å². The number of aromatic nitrogens is 2. The normalized spacial score (nSPS) is 10.2. The predicted octanol–water partition coefficient (Wildman–Crippen LogP) is 0.657. The molecule has 82 valence electrons. The van der Waals surface area contributed by atoms with Gasteiger partial charge in [0.2, 0.25) is 0 Å². The fourth-order valence-electron chi connectivity index (χ4n) is 1.31. The van der Waals surface area contributed by atoms with Crippen LogP contribution in [0.15, 0.2) is 33.6 Å². The van der Waals surface area contributed by atoms with E-state index in [1.54, 1.807) is 24.3 Å². The second-order valence-corrected chi connectivity index (χ2v) is 3.21. The van der Waals surface area contributed by atoms with Crippen molar-refractivity contribution in [1.29, 1.82) is 0 Å². The third-order valence-corrected chi connectivity index (χ3v) is 2.02. The third kappa shape index (κ3) is 2.17. The number of benzene rings is 1. The first-order valence-corrected chi connectivity index (χ1v) is 4.52. The molecule has 0 spiro atoms. The van der Waals surface area contributed by atoms with Crippen LogP contribution in [0.5, 0.6) is 0 Å². The average Bonchev–Trinajstić information content (AvgIpc) is 2.65. The molecular formula is C10H8N2O4. The van der Waals surface area contributed by atoms with Gasteiger partial charge in [-0.1, -0.05) is 29.4 Å². The maximum Gasteiger partial charge on any atom is 0.439 e. The van der Waals surface area contributed by atoms with E-state index < -0.39 is 11.7 Å². The molecule has 0 amide bonds. The lowest BCUT2D eigenvalue weighted by Gasteiger charge is -1.98. The van der Waals surface area contributed by atoms with E-state index in [4.69, 9.17) is 5.11 Å². The number of carboxylic acids is 1. The van der Waals surface area contributed by atoms with E-state index in [9.17, 15) is 9.59 Å². The number of nitrogens with one attached hydrogen (secondary N) is 1. The molecule has 1 heterocycles. The number of nitrogens with zero attached hydrogens (tertiary/aromatic N) is 1. The van der Waals surface area contributed by atoms with Gasteiger partial charge in [0.1, 0.15) is 0 Å². The Bertz CT molecular complexity index is 553. The molecule has 1 aromatic carbocycles. The molecule has 0 radical (unpaired) electrons. The minimum Gasteiger partial charge on any atom is -0.481 e. The second-order valence-electron chi connectivity index (χ2n) is 3.21. The second kappa shape index (κ2) is 4.01. The lowest BCUT2D eigenvalue weighted by Crippen LogP contribution is -1.99. The van der Waals surface area contributed by atoms with E-state index in [1.807, 2.05) is 0 Å². The molecule has 16 heavy (non-hydrogen) atoms. The molecule has 6 heteroatoms. The molecule has 0 aliphatic rings. The average molecular weight is 220 g/mol. The molecule has 6 nitrogen and oxygen atoms in total. The summed E-state index contributed by atoms with van der Waals surface area (Å²) in [6.07, 6.45) is -0.0321. The topological polar surface area (TPSA) is 96.2 Å². The van der Waals surface area contributed by atoms with Crippen LogP contribution in [0.2, 0.25) is 0 Å². The summed E-state index contributed by atoms with van der Waals surface area (Å²) in [4.78, 5) is 23.6. The van der Waals surface area contributed by atoms with E-state index in [0.29, 0.717) is 17.0 Å². The molecule has 2 rings (SSSR count). The zero-order chi connectivity index (χ0) is 11.5. The van der Waals surface area contributed by atoms with Crippen molar-refractivity contribution in [1.82, 2.24) is 10.1 Å². The summed E-state index contributed by atoms with van der Waals surface area (Å²) in [7, 11) is 0. The summed E-state index contributed by atoms with van der Waals surface area (Å²) in [5.74, 6) is -1.18. The minimum atomic E-state index is -0.886. The Balaban J connectivity index is 2.25. The monoisotopic (exact) mass is 220 g/mol. The summed E-state index contributed by atoms with van der Waals surface area (Å²) in [6.45, 7) is 0. The maximum atomic E-state index is 10.7. The Morgan fingerprint density at radius 2 is 2.06 bits per heavy atom. The van der Waals surface area contributed by atoms with Gasteiger partial charge in [0, 0.05) is 5.56 Å². The van der Waals surface area contributed by atoms with Gasteiger partial charge in [-0.2, -0.15) is 0 Å². The van der Waals surface area contributed by atoms with Gasteiger partial charge in [-0.05, 0) is 5.56 Å². The van der Waals surface area contributed by atoms with Gasteiger partial charge in [-0.25, -0.2) is 4.79 Å². The number of hydrogen-bond donors (Lipinski definition) is 2. The molecule has 0 saturated heterocycles. The van der Waals surface area contributed by atoms with E-state index in [0.717, 1.165) is 0 Å². The Labute approximate surface area is 89.5 Å². The van der Waals surface area contributed by atoms with E-state index in [-0.39, 0.29) is 6.42 Å². The number of rotatable bonds is 3. The van der Waals surface area contributed by atoms with Crippen molar-refractivity contribution in [3.63, 3.8) is 0 Å². The zero-order valence-corrected chi connectivity index (χ0v) is 8.14. The summed E-state index contributed by atoms with van der Waals surface area (Å²) in [5.41, 5.74) is 1.35. The molecule has 2 aromatic rings. The highest BCUT2D eigenvalue weighted by molar-refractivity contribution is 5.70. The van der Waals surface area contributed by atoms with Crippen molar-refractivity contribution >= 4 is 5.97 Å².